The van der Waals surface area contributed by atoms with Crippen LogP contribution in [0.25, 0.3) is 0 Å². The molecule has 86 valence electrons. The number of likely N-dealkylation sites (N-methyl/N-ethyl adjacent to an activating group) is 1. The predicted molar refractivity (Wildman–Crippen MR) is 64.7 cm³/mol. The van der Waals surface area contributed by atoms with Gasteiger partial charge in [0, 0.05) is 13.1 Å². The molecule has 0 radical (unpaired) electrons. The molecule has 0 saturated carbocycles. The Hall–Kier alpha value is -0.0800. The largest absolute Gasteiger partial charge is 0.315 e. The molecule has 0 unspecified atom stereocenters. The molecule has 2 nitrogen and oxygen atoms in total. The summed E-state index contributed by atoms with van der Waals surface area (Å²) in [5.74, 6) is 0. The van der Waals surface area contributed by atoms with Gasteiger partial charge in [0.15, 0.2) is 0 Å². The molecule has 0 amide bonds. The predicted octanol–water partition coefficient (Wildman–Crippen LogP) is 2.35. The number of hydrogen-bond donors (Lipinski definition) is 1. The number of nitrogens with zero attached hydrogens (tertiary/aromatic N) is 1. The highest BCUT2D eigenvalue weighted by molar-refractivity contribution is 4.64. The fraction of sp³-hybridized carbons (Fsp3) is 1.00. The van der Waals surface area contributed by atoms with Crippen molar-refractivity contribution in [3.05, 3.63) is 0 Å². The summed E-state index contributed by atoms with van der Waals surface area (Å²) in [4.78, 5) is 2.41. The van der Waals surface area contributed by atoms with Gasteiger partial charge < -0.3 is 10.2 Å². The molecule has 0 bridgehead atoms. The van der Waals surface area contributed by atoms with E-state index < -0.39 is 0 Å². The van der Waals surface area contributed by atoms with Gasteiger partial charge in [-0.2, -0.15) is 0 Å². The van der Waals surface area contributed by atoms with Gasteiger partial charge in [-0.15, -0.1) is 0 Å². The minimum absolute atomic E-state index is 0.463. The van der Waals surface area contributed by atoms with Crippen molar-refractivity contribution in [3.8, 4) is 0 Å². The summed E-state index contributed by atoms with van der Waals surface area (Å²) in [6.45, 7) is 13.7. The Kier molecular flexibility index (Phi) is 7.20. The fourth-order valence-corrected chi connectivity index (χ4v) is 1.21. The van der Waals surface area contributed by atoms with Gasteiger partial charge >= 0.3 is 0 Å². The first-order chi connectivity index (χ1) is 6.45. The first-order valence-corrected chi connectivity index (χ1v) is 5.85. The second kappa shape index (κ2) is 7.24. The molecule has 0 aliphatic carbocycles. The van der Waals surface area contributed by atoms with Crippen molar-refractivity contribution < 1.29 is 0 Å². The van der Waals surface area contributed by atoms with E-state index in [1.54, 1.807) is 0 Å². The van der Waals surface area contributed by atoms with Gasteiger partial charge in [-0.25, -0.2) is 0 Å². The van der Waals surface area contributed by atoms with E-state index in [0.29, 0.717) is 5.41 Å². The molecule has 0 saturated heterocycles. The van der Waals surface area contributed by atoms with Gasteiger partial charge in [0.25, 0.3) is 0 Å². The fourth-order valence-electron chi connectivity index (χ4n) is 1.21. The van der Waals surface area contributed by atoms with E-state index in [2.05, 4.69) is 45.0 Å². The quantitative estimate of drug-likeness (QED) is 0.635. The van der Waals surface area contributed by atoms with E-state index in [9.17, 15) is 0 Å². The molecule has 0 spiro atoms. The van der Waals surface area contributed by atoms with Crippen molar-refractivity contribution in [3.63, 3.8) is 0 Å². The molecule has 0 fully saturated rings. The minimum atomic E-state index is 0.463. The summed E-state index contributed by atoms with van der Waals surface area (Å²) in [5, 5.41) is 3.42. The van der Waals surface area contributed by atoms with Crippen LogP contribution in [0.4, 0.5) is 0 Å². The zero-order chi connectivity index (χ0) is 11.0. The SMILES string of the molecule is CCCNCCN(C)CCC(C)(C)C. The van der Waals surface area contributed by atoms with E-state index in [1.807, 2.05) is 0 Å². The second-order valence-corrected chi connectivity index (χ2v) is 5.36. The van der Waals surface area contributed by atoms with Crippen LogP contribution in [-0.2, 0) is 0 Å². The third kappa shape index (κ3) is 10.0. The summed E-state index contributed by atoms with van der Waals surface area (Å²) < 4.78 is 0. The maximum atomic E-state index is 3.42. The highest BCUT2D eigenvalue weighted by Crippen LogP contribution is 2.18. The lowest BCUT2D eigenvalue weighted by atomic mass is 9.92. The van der Waals surface area contributed by atoms with Crippen LogP contribution < -0.4 is 5.32 Å². The average molecular weight is 200 g/mol. The molecule has 0 rings (SSSR count). The number of nitrogens with one attached hydrogen (secondary N) is 1. The average Bonchev–Trinajstić information content (AvgIpc) is 2.08. The Labute approximate surface area is 90.1 Å². The Bertz CT molecular complexity index is 127. The van der Waals surface area contributed by atoms with Crippen molar-refractivity contribution in [2.24, 2.45) is 5.41 Å². The molecule has 0 heterocycles. The van der Waals surface area contributed by atoms with Gasteiger partial charge in [0.05, 0.1) is 0 Å². The highest BCUT2D eigenvalue weighted by Gasteiger charge is 2.10. The van der Waals surface area contributed by atoms with E-state index in [0.717, 1.165) is 19.6 Å². The Morgan fingerprint density at radius 3 is 2.21 bits per heavy atom. The minimum Gasteiger partial charge on any atom is -0.315 e. The van der Waals surface area contributed by atoms with Crippen LogP contribution in [0.2, 0.25) is 0 Å². The highest BCUT2D eigenvalue weighted by atomic mass is 15.1. The van der Waals surface area contributed by atoms with E-state index in [1.165, 1.54) is 19.4 Å². The van der Waals surface area contributed by atoms with Gasteiger partial charge in [-0.3, -0.25) is 0 Å². The third-order valence-corrected chi connectivity index (χ3v) is 2.34. The van der Waals surface area contributed by atoms with E-state index >= 15 is 0 Å². The molecule has 0 aromatic carbocycles. The summed E-state index contributed by atoms with van der Waals surface area (Å²) in [6.07, 6.45) is 2.50. The van der Waals surface area contributed by atoms with Gasteiger partial charge in [-0.05, 0) is 38.4 Å². The molecular weight excluding hydrogens is 172 g/mol. The van der Waals surface area contributed by atoms with Gasteiger partial charge in [-0.1, -0.05) is 27.7 Å². The zero-order valence-corrected chi connectivity index (χ0v) is 10.7. The lowest BCUT2D eigenvalue weighted by Gasteiger charge is -2.23. The Morgan fingerprint density at radius 2 is 1.71 bits per heavy atom. The molecule has 0 aliphatic heterocycles. The smallest absolute Gasteiger partial charge is 0.0104 e. The van der Waals surface area contributed by atoms with E-state index in [-0.39, 0.29) is 0 Å². The first kappa shape index (κ1) is 13.9. The molecule has 0 aromatic heterocycles. The molecule has 0 aromatic rings. The summed E-state index contributed by atoms with van der Waals surface area (Å²) >= 11 is 0. The molecule has 0 atom stereocenters. The van der Waals surface area contributed by atoms with Crippen molar-refractivity contribution >= 4 is 0 Å². The third-order valence-electron chi connectivity index (χ3n) is 2.34. The topological polar surface area (TPSA) is 15.3 Å². The van der Waals surface area contributed by atoms with Crippen LogP contribution in [0.5, 0.6) is 0 Å². The second-order valence-electron chi connectivity index (χ2n) is 5.36. The molecule has 1 N–H and O–H groups in total. The standard InChI is InChI=1S/C12H28N2/c1-6-8-13-9-11-14(5)10-7-12(2,3)4/h13H,6-11H2,1-5H3. The molecule has 2 heteroatoms. The maximum absolute atomic E-state index is 3.42. The summed E-state index contributed by atoms with van der Waals surface area (Å²) in [6, 6.07) is 0. The Balaban J connectivity index is 3.32. The molecule has 14 heavy (non-hydrogen) atoms. The summed E-state index contributed by atoms with van der Waals surface area (Å²) in [5.41, 5.74) is 0.463. The van der Waals surface area contributed by atoms with E-state index in [4.69, 9.17) is 0 Å². The lowest BCUT2D eigenvalue weighted by molar-refractivity contribution is 0.264. The maximum Gasteiger partial charge on any atom is 0.0104 e. The lowest BCUT2D eigenvalue weighted by Crippen LogP contribution is -2.31. The number of rotatable bonds is 7. The van der Waals surface area contributed by atoms with Crippen molar-refractivity contribution in [2.75, 3.05) is 33.2 Å². The van der Waals surface area contributed by atoms with Crippen molar-refractivity contribution in [1.29, 1.82) is 0 Å². The van der Waals surface area contributed by atoms with Crippen LogP contribution in [-0.4, -0.2) is 38.1 Å². The monoisotopic (exact) mass is 200 g/mol. The molecule has 0 aliphatic rings. The van der Waals surface area contributed by atoms with Gasteiger partial charge in [0.2, 0.25) is 0 Å². The van der Waals surface area contributed by atoms with Crippen LogP contribution in [0.3, 0.4) is 0 Å². The van der Waals surface area contributed by atoms with Crippen LogP contribution >= 0.6 is 0 Å². The normalized spacial score (nSPS) is 12.4. The van der Waals surface area contributed by atoms with Crippen LogP contribution in [0.1, 0.15) is 40.5 Å². The van der Waals surface area contributed by atoms with Crippen LogP contribution in [0.15, 0.2) is 0 Å². The van der Waals surface area contributed by atoms with Crippen LogP contribution in [0, 0.1) is 5.41 Å². The van der Waals surface area contributed by atoms with Gasteiger partial charge in [0.1, 0.15) is 0 Å². The first-order valence-electron chi connectivity index (χ1n) is 5.85. The van der Waals surface area contributed by atoms with Crippen molar-refractivity contribution in [1.82, 2.24) is 10.2 Å². The summed E-state index contributed by atoms with van der Waals surface area (Å²) in [7, 11) is 2.21. The zero-order valence-electron chi connectivity index (χ0n) is 10.7. The molecular formula is C12H28N2. The van der Waals surface area contributed by atoms with Crippen molar-refractivity contribution in [2.45, 2.75) is 40.5 Å². The Morgan fingerprint density at radius 1 is 1.07 bits per heavy atom. The number of hydrogen-bond acceptors (Lipinski definition) is 2.